The summed E-state index contributed by atoms with van der Waals surface area (Å²) in [6.45, 7) is 3.84. The number of aryl methyl sites for hydroxylation is 2. The van der Waals surface area contributed by atoms with Gasteiger partial charge in [0.25, 0.3) is 0 Å². The summed E-state index contributed by atoms with van der Waals surface area (Å²) in [5.41, 5.74) is 3.36. The summed E-state index contributed by atoms with van der Waals surface area (Å²) < 4.78 is 0. The van der Waals surface area contributed by atoms with Gasteiger partial charge in [-0.2, -0.15) is 21.5 Å². The van der Waals surface area contributed by atoms with E-state index < -0.39 is 0 Å². The Morgan fingerprint density at radius 3 is 2.88 bits per heavy atom. The summed E-state index contributed by atoms with van der Waals surface area (Å²) in [6, 6.07) is 3.82. The molecule has 2 aromatic heterocycles. The summed E-state index contributed by atoms with van der Waals surface area (Å²) >= 11 is 1.61. The number of hydrogen-bond donors (Lipinski definition) is 0. The third kappa shape index (κ3) is 2.77. The highest BCUT2D eigenvalue weighted by Gasteiger charge is 2.13. The molecule has 0 saturated heterocycles. The molecule has 0 amide bonds. The van der Waals surface area contributed by atoms with E-state index >= 15 is 0 Å². The lowest BCUT2D eigenvalue weighted by molar-refractivity contribution is 0.0991. The Kier molecular flexibility index (Phi) is 3.64. The highest BCUT2D eigenvalue weighted by Crippen LogP contribution is 2.14. The lowest BCUT2D eigenvalue weighted by Gasteiger charge is -2.05. The van der Waals surface area contributed by atoms with E-state index in [4.69, 9.17) is 0 Å². The van der Waals surface area contributed by atoms with Gasteiger partial charge in [-0.05, 0) is 41.8 Å². The number of thiophene rings is 1. The van der Waals surface area contributed by atoms with Crippen LogP contribution in [0.15, 0.2) is 22.9 Å². The average molecular weight is 246 g/mol. The van der Waals surface area contributed by atoms with E-state index in [1.165, 1.54) is 0 Å². The topological polar surface area (TPSA) is 42.9 Å². The lowest BCUT2D eigenvalue weighted by atomic mass is 10.0. The molecule has 17 heavy (non-hydrogen) atoms. The molecule has 4 heteroatoms. The minimum Gasteiger partial charge on any atom is -0.294 e. The van der Waals surface area contributed by atoms with Crippen molar-refractivity contribution in [2.75, 3.05) is 0 Å². The van der Waals surface area contributed by atoms with Gasteiger partial charge in [0, 0.05) is 12.0 Å². The minimum absolute atomic E-state index is 0.123. The van der Waals surface area contributed by atoms with Gasteiger partial charge in [0.1, 0.15) is 0 Å². The molecule has 0 aliphatic rings. The molecule has 0 N–H and O–H groups in total. The minimum atomic E-state index is 0.123. The molecule has 0 atom stereocenters. The van der Waals surface area contributed by atoms with Gasteiger partial charge in [-0.15, -0.1) is 0 Å². The van der Waals surface area contributed by atoms with Crippen LogP contribution in [0.5, 0.6) is 0 Å². The molecule has 0 bridgehead atoms. The first-order chi connectivity index (χ1) is 8.20. The van der Waals surface area contributed by atoms with Crippen molar-refractivity contribution in [3.8, 4) is 0 Å². The van der Waals surface area contributed by atoms with Crippen LogP contribution < -0.4 is 0 Å². The highest BCUT2D eigenvalue weighted by molar-refractivity contribution is 7.08. The van der Waals surface area contributed by atoms with E-state index in [0.717, 1.165) is 23.4 Å². The molecule has 0 radical (unpaired) electrons. The molecule has 0 unspecified atom stereocenters. The van der Waals surface area contributed by atoms with Crippen molar-refractivity contribution in [2.45, 2.75) is 26.7 Å². The number of carbonyl (C=O) groups excluding carboxylic acids is 1. The summed E-state index contributed by atoms with van der Waals surface area (Å²) in [5.74, 6) is 0.123. The fourth-order valence-electron chi connectivity index (χ4n) is 1.69. The SMILES string of the molecule is CCc1nnc(C)cc1C(=O)Cc1ccsc1. The van der Waals surface area contributed by atoms with E-state index in [1.54, 1.807) is 11.3 Å². The maximum atomic E-state index is 12.2. The van der Waals surface area contributed by atoms with Gasteiger partial charge in [0.2, 0.25) is 0 Å². The fourth-order valence-corrected chi connectivity index (χ4v) is 2.36. The average Bonchev–Trinajstić information content (AvgIpc) is 2.81. The zero-order valence-electron chi connectivity index (χ0n) is 9.93. The van der Waals surface area contributed by atoms with Crippen LogP contribution in [0.3, 0.4) is 0 Å². The van der Waals surface area contributed by atoms with Crippen LogP contribution >= 0.6 is 11.3 Å². The number of nitrogens with zero attached hydrogens (tertiary/aromatic N) is 2. The van der Waals surface area contributed by atoms with E-state index in [0.29, 0.717) is 12.0 Å². The van der Waals surface area contributed by atoms with Crippen molar-refractivity contribution in [3.05, 3.63) is 45.4 Å². The van der Waals surface area contributed by atoms with Crippen molar-refractivity contribution in [1.82, 2.24) is 10.2 Å². The smallest absolute Gasteiger partial charge is 0.169 e. The maximum Gasteiger partial charge on any atom is 0.169 e. The van der Waals surface area contributed by atoms with Crippen molar-refractivity contribution in [1.29, 1.82) is 0 Å². The zero-order valence-corrected chi connectivity index (χ0v) is 10.8. The van der Waals surface area contributed by atoms with Gasteiger partial charge in [-0.25, -0.2) is 0 Å². The molecule has 0 aliphatic carbocycles. The first-order valence-corrected chi connectivity index (χ1v) is 6.52. The van der Waals surface area contributed by atoms with Gasteiger partial charge in [0.05, 0.1) is 11.4 Å². The normalized spacial score (nSPS) is 10.5. The first-order valence-electron chi connectivity index (χ1n) is 5.58. The second-order valence-corrected chi connectivity index (χ2v) is 4.71. The third-order valence-electron chi connectivity index (χ3n) is 2.57. The molecule has 0 aliphatic heterocycles. The monoisotopic (exact) mass is 246 g/mol. The second-order valence-electron chi connectivity index (χ2n) is 3.93. The predicted octanol–water partition coefficient (Wildman–Crippen LogP) is 2.83. The van der Waals surface area contributed by atoms with E-state index in [2.05, 4.69) is 10.2 Å². The summed E-state index contributed by atoms with van der Waals surface area (Å²) in [7, 11) is 0. The Balaban J connectivity index is 2.26. The molecule has 0 spiro atoms. The van der Waals surface area contributed by atoms with Crippen molar-refractivity contribution >= 4 is 17.1 Å². The Morgan fingerprint density at radius 2 is 2.24 bits per heavy atom. The van der Waals surface area contributed by atoms with Crippen molar-refractivity contribution in [2.24, 2.45) is 0 Å². The summed E-state index contributed by atoms with van der Waals surface area (Å²) in [4.78, 5) is 12.2. The Hall–Kier alpha value is -1.55. The van der Waals surface area contributed by atoms with Crippen LogP contribution in [-0.4, -0.2) is 16.0 Å². The van der Waals surface area contributed by atoms with Crippen LogP contribution in [0.4, 0.5) is 0 Å². The van der Waals surface area contributed by atoms with Gasteiger partial charge in [0.15, 0.2) is 5.78 Å². The number of hydrogen-bond acceptors (Lipinski definition) is 4. The van der Waals surface area contributed by atoms with Crippen LogP contribution in [-0.2, 0) is 12.8 Å². The van der Waals surface area contributed by atoms with Crippen LogP contribution in [0.1, 0.15) is 34.2 Å². The molecule has 2 heterocycles. The standard InChI is InChI=1S/C13H14N2OS/c1-3-12-11(6-9(2)14-15-12)13(16)7-10-4-5-17-8-10/h4-6,8H,3,7H2,1-2H3. The molecule has 0 aromatic carbocycles. The first kappa shape index (κ1) is 11.9. The molecule has 3 nitrogen and oxygen atoms in total. The largest absolute Gasteiger partial charge is 0.294 e. The quantitative estimate of drug-likeness (QED) is 0.779. The molecular weight excluding hydrogens is 232 g/mol. The Bertz CT molecular complexity index is 520. The second kappa shape index (κ2) is 5.19. The number of carbonyl (C=O) groups is 1. The van der Waals surface area contributed by atoms with Gasteiger partial charge in [-0.1, -0.05) is 6.92 Å². The Labute approximate surface area is 105 Å². The van der Waals surface area contributed by atoms with Gasteiger partial charge in [-0.3, -0.25) is 4.79 Å². The molecule has 88 valence electrons. The predicted molar refractivity (Wildman–Crippen MR) is 68.5 cm³/mol. The molecular formula is C13H14N2OS. The van der Waals surface area contributed by atoms with E-state index in [9.17, 15) is 4.79 Å². The molecule has 2 rings (SSSR count). The number of Topliss-reactive ketones (excluding diaryl/α,β-unsaturated/α-hetero) is 1. The van der Waals surface area contributed by atoms with Crippen molar-refractivity contribution in [3.63, 3.8) is 0 Å². The van der Waals surface area contributed by atoms with E-state index in [1.807, 2.05) is 36.7 Å². The summed E-state index contributed by atoms with van der Waals surface area (Å²) in [6.07, 6.45) is 1.18. The summed E-state index contributed by atoms with van der Waals surface area (Å²) in [5, 5.41) is 12.1. The maximum absolute atomic E-state index is 12.2. The van der Waals surface area contributed by atoms with Gasteiger partial charge < -0.3 is 0 Å². The van der Waals surface area contributed by atoms with Crippen molar-refractivity contribution < 1.29 is 4.79 Å². The van der Waals surface area contributed by atoms with Crippen LogP contribution in [0.2, 0.25) is 0 Å². The fraction of sp³-hybridized carbons (Fsp3) is 0.308. The molecule has 0 fully saturated rings. The molecule has 0 saturated carbocycles. The number of rotatable bonds is 4. The third-order valence-corrected chi connectivity index (χ3v) is 3.30. The lowest BCUT2D eigenvalue weighted by Crippen LogP contribution is -2.10. The number of aromatic nitrogens is 2. The van der Waals surface area contributed by atoms with Gasteiger partial charge >= 0.3 is 0 Å². The molecule has 2 aromatic rings. The highest BCUT2D eigenvalue weighted by atomic mass is 32.1. The van der Waals surface area contributed by atoms with Crippen LogP contribution in [0.25, 0.3) is 0 Å². The zero-order chi connectivity index (χ0) is 12.3. The number of ketones is 1. The Morgan fingerprint density at radius 1 is 1.41 bits per heavy atom. The van der Waals surface area contributed by atoms with Crippen LogP contribution in [0, 0.1) is 6.92 Å². The van der Waals surface area contributed by atoms with E-state index in [-0.39, 0.29) is 5.78 Å².